The molecule has 1 amide bonds. The summed E-state index contributed by atoms with van der Waals surface area (Å²) in [7, 11) is 0. The number of carbonyl (C=O) groups is 1. The number of halogens is 3. The summed E-state index contributed by atoms with van der Waals surface area (Å²) in [5.74, 6) is 0.660. The van der Waals surface area contributed by atoms with Gasteiger partial charge in [0.15, 0.2) is 23.2 Å². The van der Waals surface area contributed by atoms with E-state index in [0.29, 0.717) is 17.1 Å². The molecule has 3 aromatic rings. The van der Waals surface area contributed by atoms with Gasteiger partial charge in [-0.2, -0.15) is 18.3 Å². The number of thiophene rings is 1. The van der Waals surface area contributed by atoms with Gasteiger partial charge in [-0.25, -0.2) is 4.68 Å². The molecule has 7 nitrogen and oxygen atoms in total. The largest absolute Gasteiger partial charge is 0.454 e. The third-order valence-corrected chi connectivity index (χ3v) is 6.10. The standard InChI is InChI=1S/C20H17F3N4O3S/c21-20(22,23)17-7-13(11-3-4-15-16(6-11)30-10-29-15)25-18-8-14(26-27(17)18)19(28)24-9-12-2-1-5-31-12/h1-6,8,13,17,25H,7,9-10H2,(H,24,28)/t13-,17+/m1/s1. The van der Waals surface area contributed by atoms with Crippen LogP contribution in [0, 0.1) is 0 Å². The summed E-state index contributed by atoms with van der Waals surface area (Å²) in [5, 5.41) is 11.6. The van der Waals surface area contributed by atoms with E-state index < -0.39 is 24.2 Å². The molecule has 2 aromatic heterocycles. The lowest BCUT2D eigenvalue weighted by atomic mass is 9.96. The number of hydrogen-bond acceptors (Lipinski definition) is 6. The summed E-state index contributed by atoms with van der Waals surface area (Å²) in [6, 6.07) is 7.63. The molecule has 0 saturated heterocycles. The zero-order valence-electron chi connectivity index (χ0n) is 16.0. The summed E-state index contributed by atoms with van der Waals surface area (Å²) < 4.78 is 53.0. The maximum Gasteiger partial charge on any atom is 0.410 e. The Hall–Kier alpha value is -3.21. The lowest BCUT2D eigenvalue weighted by Gasteiger charge is -2.33. The molecule has 0 bridgehead atoms. The first-order valence-electron chi connectivity index (χ1n) is 9.51. The van der Waals surface area contributed by atoms with Crippen LogP contribution in [0.2, 0.25) is 0 Å². The van der Waals surface area contributed by atoms with Crippen molar-refractivity contribution in [3.05, 3.63) is 57.9 Å². The third kappa shape index (κ3) is 3.80. The second-order valence-corrected chi connectivity index (χ2v) is 8.26. The minimum Gasteiger partial charge on any atom is -0.454 e. The number of rotatable bonds is 4. The third-order valence-electron chi connectivity index (χ3n) is 5.22. The van der Waals surface area contributed by atoms with Crippen molar-refractivity contribution in [2.75, 3.05) is 12.1 Å². The van der Waals surface area contributed by atoms with Crippen LogP contribution in [0.1, 0.15) is 39.4 Å². The lowest BCUT2D eigenvalue weighted by Crippen LogP contribution is -2.35. The SMILES string of the molecule is O=C(NCc1cccs1)c1cc2n(n1)[C@H](C(F)(F)F)C[C@H](c1ccc3c(c1)OCO3)N2. The van der Waals surface area contributed by atoms with Crippen molar-refractivity contribution in [1.82, 2.24) is 15.1 Å². The predicted octanol–water partition coefficient (Wildman–Crippen LogP) is 4.26. The minimum absolute atomic E-state index is 0.0698. The Kier molecular flexibility index (Phi) is 4.77. The Morgan fingerprint density at radius 2 is 2.10 bits per heavy atom. The molecule has 162 valence electrons. The van der Waals surface area contributed by atoms with Gasteiger partial charge in [-0.1, -0.05) is 12.1 Å². The highest BCUT2D eigenvalue weighted by molar-refractivity contribution is 7.09. The number of ether oxygens (including phenoxy) is 2. The van der Waals surface area contributed by atoms with Crippen molar-refractivity contribution < 1.29 is 27.4 Å². The molecule has 2 aliphatic rings. The average molecular weight is 450 g/mol. The van der Waals surface area contributed by atoms with Crippen LogP contribution in [0.3, 0.4) is 0 Å². The van der Waals surface area contributed by atoms with Crippen molar-refractivity contribution in [2.45, 2.75) is 31.2 Å². The molecular formula is C20H17F3N4O3S. The molecule has 2 N–H and O–H groups in total. The Morgan fingerprint density at radius 1 is 1.26 bits per heavy atom. The van der Waals surface area contributed by atoms with Crippen LogP contribution in [-0.2, 0) is 6.54 Å². The summed E-state index contributed by atoms with van der Waals surface area (Å²) in [4.78, 5) is 13.4. The van der Waals surface area contributed by atoms with Crippen LogP contribution in [0.25, 0.3) is 0 Å². The first kappa shape index (κ1) is 19.7. The monoisotopic (exact) mass is 450 g/mol. The second kappa shape index (κ2) is 7.49. The minimum atomic E-state index is -4.53. The highest BCUT2D eigenvalue weighted by atomic mass is 32.1. The van der Waals surface area contributed by atoms with Crippen molar-refractivity contribution in [3.8, 4) is 11.5 Å². The van der Waals surface area contributed by atoms with Gasteiger partial charge in [0.05, 0.1) is 12.6 Å². The van der Waals surface area contributed by atoms with Gasteiger partial charge in [0, 0.05) is 17.4 Å². The average Bonchev–Trinajstić information content (AvgIpc) is 3.50. The van der Waals surface area contributed by atoms with E-state index in [1.807, 2.05) is 17.5 Å². The van der Waals surface area contributed by atoms with Crippen LogP contribution < -0.4 is 20.1 Å². The fourth-order valence-corrected chi connectivity index (χ4v) is 4.35. The molecule has 31 heavy (non-hydrogen) atoms. The lowest BCUT2D eigenvalue weighted by molar-refractivity contribution is -0.173. The molecule has 0 unspecified atom stereocenters. The van der Waals surface area contributed by atoms with E-state index in [2.05, 4.69) is 15.7 Å². The first-order valence-corrected chi connectivity index (χ1v) is 10.4. The number of carbonyl (C=O) groups excluding carboxylic acids is 1. The Labute approximate surface area is 178 Å². The predicted molar refractivity (Wildman–Crippen MR) is 106 cm³/mol. The van der Waals surface area contributed by atoms with Crippen molar-refractivity contribution >= 4 is 23.1 Å². The number of benzene rings is 1. The number of aromatic nitrogens is 2. The molecule has 4 heterocycles. The van der Waals surface area contributed by atoms with Gasteiger partial charge in [0.1, 0.15) is 5.82 Å². The maximum absolute atomic E-state index is 13.8. The van der Waals surface area contributed by atoms with Gasteiger partial charge < -0.3 is 20.1 Å². The topological polar surface area (TPSA) is 77.4 Å². The zero-order chi connectivity index (χ0) is 21.6. The van der Waals surface area contributed by atoms with E-state index in [0.717, 1.165) is 9.56 Å². The quantitative estimate of drug-likeness (QED) is 0.621. The highest BCUT2D eigenvalue weighted by Crippen LogP contribution is 2.45. The summed E-state index contributed by atoms with van der Waals surface area (Å²) in [6.45, 7) is 0.368. The van der Waals surface area contributed by atoms with Crippen LogP contribution in [0.5, 0.6) is 11.5 Å². The van der Waals surface area contributed by atoms with Crippen LogP contribution in [0.15, 0.2) is 41.8 Å². The van der Waals surface area contributed by atoms with Gasteiger partial charge in [-0.3, -0.25) is 4.79 Å². The zero-order valence-corrected chi connectivity index (χ0v) is 16.8. The summed E-state index contributed by atoms with van der Waals surface area (Å²) in [5.41, 5.74) is 0.564. The van der Waals surface area contributed by atoms with Gasteiger partial charge >= 0.3 is 6.18 Å². The molecule has 0 spiro atoms. The fourth-order valence-electron chi connectivity index (χ4n) is 3.70. The number of anilines is 1. The summed E-state index contributed by atoms with van der Waals surface area (Å²) >= 11 is 1.48. The molecule has 1 aromatic carbocycles. The number of nitrogens with one attached hydrogen (secondary N) is 2. The van der Waals surface area contributed by atoms with Crippen LogP contribution in [-0.4, -0.2) is 28.7 Å². The number of amides is 1. The van der Waals surface area contributed by atoms with Gasteiger partial charge in [0.25, 0.3) is 5.91 Å². The van der Waals surface area contributed by atoms with E-state index in [1.165, 1.54) is 17.4 Å². The number of hydrogen-bond donors (Lipinski definition) is 2. The Bertz CT molecular complexity index is 1110. The molecule has 11 heteroatoms. The van der Waals surface area contributed by atoms with E-state index >= 15 is 0 Å². The van der Waals surface area contributed by atoms with Crippen molar-refractivity contribution in [3.63, 3.8) is 0 Å². The molecule has 0 radical (unpaired) electrons. The highest BCUT2D eigenvalue weighted by Gasteiger charge is 2.47. The molecule has 0 saturated carbocycles. The molecule has 0 fully saturated rings. The van der Waals surface area contributed by atoms with E-state index in [9.17, 15) is 18.0 Å². The molecule has 2 atom stereocenters. The smallest absolute Gasteiger partial charge is 0.410 e. The summed E-state index contributed by atoms with van der Waals surface area (Å²) in [6.07, 6.45) is -4.80. The van der Waals surface area contributed by atoms with Crippen molar-refractivity contribution in [1.29, 1.82) is 0 Å². The Balaban J connectivity index is 1.41. The van der Waals surface area contributed by atoms with E-state index in [-0.39, 0.29) is 31.3 Å². The van der Waals surface area contributed by atoms with E-state index in [4.69, 9.17) is 9.47 Å². The maximum atomic E-state index is 13.8. The van der Waals surface area contributed by atoms with Crippen LogP contribution in [0.4, 0.5) is 19.0 Å². The number of alkyl halides is 3. The molecule has 0 aliphatic carbocycles. The Morgan fingerprint density at radius 3 is 2.87 bits per heavy atom. The molecular weight excluding hydrogens is 433 g/mol. The van der Waals surface area contributed by atoms with Crippen molar-refractivity contribution in [2.24, 2.45) is 0 Å². The number of nitrogens with zero attached hydrogens (tertiary/aromatic N) is 2. The normalized spacial score (nSPS) is 19.6. The van der Waals surface area contributed by atoms with E-state index in [1.54, 1.807) is 18.2 Å². The number of fused-ring (bicyclic) bond motifs is 2. The first-order chi connectivity index (χ1) is 14.9. The van der Waals surface area contributed by atoms with Crippen LogP contribution >= 0.6 is 11.3 Å². The van der Waals surface area contributed by atoms with Gasteiger partial charge in [-0.05, 0) is 29.1 Å². The fraction of sp³-hybridized carbons (Fsp3) is 0.300. The van der Waals surface area contributed by atoms with Gasteiger partial charge in [0.2, 0.25) is 6.79 Å². The second-order valence-electron chi connectivity index (χ2n) is 7.22. The molecule has 2 aliphatic heterocycles. The molecule has 5 rings (SSSR count). The van der Waals surface area contributed by atoms with Gasteiger partial charge in [-0.15, -0.1) is 11.3 Å².